The highest BCUT2D eigenvalue weighted by Gasteiger charge is 2.09. The number of benzene rings is 1. The fraction of sp³-hybridized carbons (Fsp3) is 0.0833. The SMILES string of the molecule is Nc1nn(Cc2sccc2Br)c2ccccc12. The molecule has 17 heavy (non-hydrogen) atoms. The molecule has 0 aliphatic carbocycles. The molecule has 0 saturated carbocycles. The molecule has 0 spiro atoms. The van der Waals surface area contributed by atoms with E-state index in [1.54, 1.807) is 11.3 Å². The van der Waals surface area contributed by atoms with E-state index in [2.05, 4.69) is 32.5 Å². The van der Waals surface area contributed by atoms with Gasteiger partial charge in [-0.25, -0.2) is 0 Å². The molecule has 3 nitrogen and oxygen atoms in total. The number of aromatic nitrogens is 2. The van der Waals surface area contributed by atoms with E-state index in [0.717, 1.165) is 21.9 Å². The van der Waals surface area contributed by atoms with Crippen molar-refractivity contribution in [3.63, 3.8) is 0 Å². The van der Waals surface area contributed by atoms with Gasteiger partial charge < -0.3 is 5.73 Å². The maximum absolute atomic E-state index is 5.90. The average molecular weight is 308 g/mol. The second-order valence-electron chi connectivity index (χ2n) is 3.75. The lowest BCUT2D eigenvalue weighted by Gasteiger charge is -2.01. The van der Waals surface area contributed by atoms with Crippen LogP contribution >= 0.6 is 27.3 Å². The van der Waals surface area contributed by atoms with Gasteiger partial charge in [-0.05, 0) is 39.5 Å². The van der Waals surface area contributed by atoms with Crippen molar-refractivity contribution in [1.29, 1.82) is 0 Å². The molecular formula is C12H10BrN3S. The molecule has 0 bridgehead atoms. The zero-order valence-corrected chi connectivity index (χ0v) is 11.3. The van der Waals surface area contributed by atoms with Crippen LogP contribution in [-0.4, -0.2) is 9.78 Å². The van der Waals surface area contributed by atoms with E-state index >= 15 is 0 Å². The first-order valence-electron chi connectivity index (χ1n) is 5.18. The van der Waals surface area contributed by atoms with E-state index in [-0.39, 0.29) is 0 Å². The van der Waals surface area contributed by atoms with Crippen LogP contribution in [0.2, 0.25) is 0 Å². The zero-order chi connectivity index (χ0) is 11.8. The summed E-state index contributed by atoms with van der Waals surface area (Å²) in [6, 6.07) is 10.1. The molecule has 2 heterocycles. The quantitative estimate of drug-likeness (QED) is 0.787. The topological polar surface area (TPSA) is 43.8 Å². The molecular weight excluding hydrogens is 298 g/mol. The van der Waals surface area contributed by atoms with Gasteiger partial charge in [-0.2, -0.15) is 5.10 Å². The maximum atomic E-state index is 5.90. The van der Waals surface area contributed by atoms with Gasteiger partial charge in [0.25, 0.3) is 0 Å². The first kappa shape index (κ1) is 10.8. The number of nitrogens with two attached hydrogens (primary N) is 1. The molecule has 3 aromatic rings. The molecule has 0 amide bonds. The van der Waals surface area contributed by atoms with E-state index < -0.39 is 0 Å². The van der Waals surface area contributed by atoms with E-state index in [4.69, 9.17) is 5.73 Å². The van der Waals surface area contributed by atoms with Crippen LogP contribution in [0.15, 0.2) is 40.2 Å². The minimum Gasteiger partial charge on any atom is -0.382 e. The number of rotatable bonds is 2. The van der Waals surface area contributed by atoms with Gasteiger partial charge in [0.2, 0.25) is 0 Å². The Hall–Kier alpha value is -1.33. The second kappa shape index (κ2) is 4.16. The summed E-state index contributed by atoms with van der Waals surface area (Å²) in [6.07, 6.45) is 0. The van der Waals surface area contributed by atoms with Crippen molar-refractivity contribution < 1.29 is 0 Å². The third-order valence-electron chi connectivity index (χ3n) is 2.67. The van der Waals surface area contributed by atoms with Crippen molar-refractivity contribution in [1.82, 2.24) is 9.78 Å². The Kier molecular flexibility index (Phi) is 2.64. The molecule has 2 aromatic heterocycles. The normalized spacial score (nSPS) is 11.1. The largest absolute Gasteiger partial charge is 0.382 e. The van der Waals surface area contributed by atoms with Gasteiger partial charge in [0.05, 0.1) is 12.1 Å². The lowest BCUT2D eigenvalue weighted by atomic mass is 10.2. The molecule has 0 radical (unpaired) electrons. The van der Waals surface area contributed by atoms with Crippen molar-refractivity contribution in [3.05, 3.63) is 45.1 Å². The van der Waals surface area contributed by atoms with Crippen molar-refractivity contribution in [2.24, 2.45) is 0 Å². The minimum atomic E-state index is 0.591. The van der Waals surface area contributed by atoms with E-state index in [9.17, 15) is 0 Å². The average Bonchev–Trinajstić information content (AvgIpc) is 2.87. The molecule has 2 N–H and O–H groups in total. The summed E-state index contributed by atoms with van der Waals surface area (Å²) in [5.41, 5.74) is 6.98. The molecule has 0 aliphatic rings. The molecule has 0 aliphatic heterocycles. The van der Waals surface area contributed by atoms with Crippen LogP contribution in [0.5, 0.6) is 0 Å². The van der Waals surface area contributed by atoms with Gasteiger partial charge in [0.1, 0.15) is 0 Å². The van der Waals surface area contributed by atoms with Crippen LogP contribution in [0.4, 0.5) is 5.82 Å². The molecule has 0 fully saturated rings. The van der Waals surface area contributed by atoms with Gasteiger partial charge >= 0.3 is 0 Å². The molecule has 86 valence electrons. The van der Waals surface area contributed by atoms with Crippen molar-refractivity contribution in [3.8, 4) is 0 Å². The van der Waals surface area contributed by atoms with Crippen LogP contribution in [0.3, 0.4) is 0 Å². The van der Waals surface area contributed by atoms with Crippen LogP contribution in [-0.2, 0) is 6.54 Å². The van der Waals surface area contributed by atoms with Crippen molar-refractivity contribution >= 4 is 44.0 Å². The summed E-state index contributed by atoms with van der Waals surface area (Å²) < 4.78 is 3.07. The summed E-state index contributed by atoms with van der Waals surface area (Å²) in [5, 5.41) is 7.46. The number of hydrogen-bond acceptors (Lipinski definition) is 3. The number of anilines is 1. The van der Waals surface area contributed by atoms with E-state index in [1.807, 2.05) is 28.9 Å². The Morgan fingerprint density at radius 3 is 2.88 bits per heavy atom. The number of nitrogens with zero attached hydrogens (tertiary/aromatic N) is 2. The van der Waals surface area contributed by atoms with Crippen LogP contribution in [0, 0.1) is 0 Å². The lowest BCUT2D eigenvalue weighted by molar-refractivity contribution is 0.723. The number of fused-ring (bicyclic) bond motifs is 1. The number of hydrogen-bond donors (Lipinski definition) is 1. The summed E-state index contributed by atoms with van der Waals surface area (Å²) in [6.45, 7) is 0.746. The third-order valence-corrected chi connectivity index (χ3v) is 4.58. The van der Waals surface area contributed by atoms with Crippen molar-refractivity contribution in [2.45, 2.75) is 6.54 Å². The molecule has 0 unspecified atom stereocenters. The Bertz CT molecular complexity index is 671. The molecule has 1 aromatic carbocycles. The van der Waals surface area contributed by atoms with Gasteiger partial charge in [-0.3, -0.25) is 4.68 Å². The summed E-state index contributed by atoms with van der Waals surface area (Å²) in [4.78, 5) is 1.25. The van der Waals surface area contributed by atoms with Crippen LogP contribution < -0.4 is 5.73 Å². The minimum absolute atomic E-state index is 0.591. The Labute approximate surface area is 111 Å². The number of para-hydroxylation sites is 1. The monoisotopic (exact) mass is 307 g/mol. The maximum Gasteiger partial charge on any atom is 0.153 e. The Morgan fingerprint density at radius 1 is 1.29 bits per heavy atom. The first-order valence-corrected chi connectivity index (χ1v) is 6.86. The summed E-state index contributed by atoms with van der Waals surface area (Å²) in [7, 11) is 0. The Morgan fingerprint density at radius 2 is 2.12 bits per heavy atom. The van der Waals surface area contributed by atoms with Gasteiger partial charge in [0.15, 0.2) is 5.82 Å². The smallest absolute Gasteiger partial charge is 0.153 e. The fourth-order valence-electron chi connectivity index (χ4n) is 1.85. The molecule has 0 atom stereocenters. The highest BCUT2D eigenvalue weighted by Crippen LogP contribution is 2.26. The summed E-state index contributed by atoms with van der Waals surface area (Å²) in [5.74, 6) is 0.591. The van der Waals surface area contributed by atoms with E-state index in [0.29, 0.717) is 5.82 Å². The standard InChI is InChI=1S/C12H10BrN3S/c13-9-5-6-17-11(9)7-16-10-4-2-1-3-8(10)12(14)15-16/h1-6H,7H2,(H2,14,15). The highest BCUT2D eigenvalue weighted by molar-refractivity contribution is 9.10. The number of nitrogen functional groups attached to an aromatic ring is 1. The van der Waals surface area contributed by atoms with Gasteiger partial charge in [0, 0.05) is 14.7 Å². The van der Waals surface area contributed by atoms with Crippen LogP contribution in [0.1, 0.15) is 4.88 Å². The predicted octanol–water partition coefficient (Wildman–Crippen LogP) is 3.49. The predicted molar refractivity (Wildman–Crippen MR) is 75.3 cm³/mol. The molecule has 0 saturated heterocycles. The second-order valence-corrected chi connectivity index (χ2v) is 5.61. The zero-order valence-electron chi connectivity index (χ0n) is 8.93. The lowest BCUT2D eigenvalue weighted by Crippen LogP contribution is -2.01. The fourth-order valence-corrected chi connectivity index (χ4v) is 3.31. The van der Waals surface area contributed by atoms with Crippen LogP contribution in [0.25, 0.3) is 10.9 Å². The first-order chi connectivity index (χ1) is 8.25. The molecule has 5 heteroatoms. The van der Waals surface area contributed by atoms with Crippen molar-refractivity contribution in [2.75, 3.05) is 5.73 Å². The molecule has 3 rings (SSSR count). The van der Waals surface area contributed by atoms with E-state index in [1.165, 1.54) is 4.88 Å². The number of halogens is 1. The highest BCUT2D eigenvalue weighted by atomic mass is 79.9. The summed E-state index contributed by atoms with van der Waals surface area (Å²) >= 11 is 5.25. The third kappa shape index (κ3) is 1.85. The van der Waals surface area contributed by atoms with Gasteiger partial charge in [-0.15, -0.1) is 11.3 Å². The number of thiophene rings is 1. The van der Waals surface area contributed by atoms with Gasteiger partial charge in [-0.1, -0.05) is 12.1 Å². The Balaban J connectivity index is 2.09.